The Kier molecular flexibility index (Phi) is 9.52. The van der Waals surface area contributed by atoms with Crippen molar-refractivity contribution in [3.05, 3.63) is 29.2 Å². The van der Waals surface area contributed by atoms with Gasteiger partial charge in [-0.25, -0.2) is 0 Å². The Morgan fingerprint density at radius 1 is 1.08 bits per heavy atom. The van der Waals surface area contributed by atoms with Crippen LogP contribution in [0.2, 0.25) is 0 Å². The van der Waals surface area contributed by atoms with Crippen molar-refractivity contribution in [1.82, 2.24) is 24.8 Å². The van der Waals surface area contributed by atoms with Crippen molar-refractivity contribution >= 4 is 5.65 Å². The van der Waals surface area contributed by atoms with Crippen molar-refractivity contribution < 1.29 is 4.74 Å². The standard InChI is InChI=1S/C14H21N5O.2C2H6/c1-11-16-17-14-8-12(7-13(10-20-2)19(11)14)9-18-5-3-15-4-6-18;2*1-2/h7-8,15H,3-6,9-10H2,1-2H3;2*1-2H3. The summed E-state index contributed by atoms with van der Waals surface area (Å²) in [6, 6.07) is 4.33. The van der Waals surface area contributed by atoms with Gasteiger partial charge in [0, 0.05) is 39.8 Å². The highest BCUT2D eigenvalue weighted by Gasteiger charge is 2.13. The molecule has 0 aromatic carbocycles. The van der Waals surface area contributed by atoms with Gasteiger partial charge in [0.15, 0.2) is 5.65 Å². The van der Waals surface area contributed by atoms with Gasteiger partial charge < -0.3 is 10.1 Å². The highest BCUT2D eigenvalue weighted by molar-refractivity contribution is 5.43. The Morgan fingerprint density at radius 3 is 2.38 bits per heavy atom. The monoisotopic (exact) mass is 335 g/mol. The molecule has 0 bridgehead atoms. The van der Waals surface area contributed by atoms with E-state index in [0.29, 0.717) is 6.61 Å². The second-order valence-electron chi connectivity index (χ2n) is 5.25. The van der Waals surface area contributed by atoms with Gasteiger partial charge in [0.05, 0.1) is 12.3 Å². The van der Waals surface area contributed by atoms with Gasteiger partial charge in [0.25, 0.3) is 0 Å². The van der Waals surface area contributed by atoms with Gasteiger partial charge in [-0.2, -0.15) is 0 Å². The fourth-order valence-electron chi connectivity index (χ4n) is 2.79. The zero-order valence-electron chi connectivity index (χ0n) is 16.1. The molecule has 0 aliphatic carbocycles. The second-order valence-corrected chi connectivity index (χ2v) is 5.25. The van der Waals surface area contributed by atoms with Crippen molar-refractivity contribution in [3.63, 3.8) is 0 Å². The van der Waals surface area contributed by atoms with Crippen LogP contribution in [0.1, 0.15) is 44.8 Å². The largest absolute Gasteiger partial charge is 0.378 e. The summed E-state index contributed by atoms with van der Waals surface area (Å²) in [5.74, 6) is 0.903. The smallest absolute Gasteiger partial charge is 0.161 e. The molecule has 0 spiro atoms. The summed E-state index contributed by atoms with van der Waals surface area (Å²) in [7, 11) is 1.72. The summed E-state index contributed by atoms with van der Waals surface area (Å²) < 4.78 is 7.37. The van der Waals surface area contributed by atoms with Crippen molar-refractivity contribution in [1.29, 1.82) is 0 Å². The summed E-state index contributed by atoms with van der Waals surface area (Å²) in [5, 5.41) is 11.8. The quantitative estimate of drug-likeness (QED) is 0.931. The number of nitrogens with zero attached hydrogens (tertiary/aromatic N) is 4. The van der Waals surface area contributed by atoms with E-state index < -0.39 is 0 Å². The third-order valence-corrected chi connectivity index (χ3v) is 3.71. The number of ether oxygens (including phenoxy) is 1. The number of methoxy groups -OCH3 is 1. The first-order valence-corrected chi connectivity index (χ1v) is 9.03. The van der Waals surface area contributed by atoms with Crippen molar-refractivity contribution in [3.8, 4) is 0 Å². The van der Waals surface area contributed by atoms with Crippen LogP contribution in [0.3, 0.4) is 0 Å². The maximum atomic E-state index is 5.31. The Hall–Kier alpha value is -1.50. The van der Waals surface area contributed by atoms with E-state index in [1.54, 1.807) is 7.11 Å². The zero-order chi connectivity index (χ0) is 17.9. The zero-order valence-corrected chi connectivity index (χ0v) is 16.1. The molecule has 3 rings (SSSR count). The summed E-state index contributed by atoms with van der Waals surface area (Å²) in [6.45, 7) is 15.8. The van der Waals surface area contributed by atoms with Gasteiger partial charge >= 0.3 is 0 Å². The Labute approximate surface area is 146 Å². The first-order chi connectivity index (χ1) is 11.8. The topological polar surface area (TPSA) is 54.7 Å². The molecule has 0 radical (unpaired) electrons. The average molecular weight is 335 g/mol. The molecule has 0 unspecified atom stereocenters. The minimum absolute atomic E-state index is 0.574. The lowest BCUT2D eigenvalue weighted by molar-refractivity contribution is 0.180. The first-order valence-electron chi connectivity index (χ1n) is 9.03. The van der Waals surface area contributed by atoms with Crippen LogP contribution in [0.25, 0.3) is 5.65 Å². The van der Waals surface area contributed by atoms with E-state index in [0.717, 1.165) is 49.9 Å². The highest BCUT2D eigenvalue weighted by Crippen LogP contribution is 2.15. The molecule has 0 atom stereocenters. The molecule has 136 valence electrons. The lowest BCUT2D eigenvalue weighted by Gasteiger charge is -2.27. The van der Waals surface area contributed by atoms with E-state index in [1.807, 2.05) is 34.6 Å². The lowest BCUT2D eigenvalue weighted by Crippen LogP contribution is -2.42. The minimum atomic E-state index is 0.574. The van der Waals surface area contributed by atoms with Crippen LogP contribution in [0.5, 0.6) is 0 Å². The van der Waals surface area contributed by atoms with Crippen LogP contribution in [0.4, 0.5) is 0 Å². The maximum Gasteiger partial charge on any atom is 0.161 e. The second kappa shape index (κ2) is 11.1. The van der Waals surface area contributed by atoms with Crippen LogP contribution in [-0.2, 0) is 17.9 Å². The lowest BCUT2D eigenvalue weighted by atomic mass is 10.2. The van der Waals surface area contributed by atoms with Crippen LogP contribution >= 0.6 is 0 Å². The molecule has 0 amide bonds. The molecular weight excluding hydrogens is 302 g/mol. The summed E-state index contributed by atoms with van der Waals surface area (Å²) in [5.41, 5.74) is 3.29. The third-order valence-electron chi connectivity index (χ3n) is 3.71. The fourth-order valence-corrected chi connectivity index (χ4v) is 2.79. The van der Waals surface area contributed by atoms with E-state index >= 15 is 0 Å². The van der Waals surface area contributed by atoms with Crippen molar-refractivity contribution in [2.24, 2.45) is 0 Å². The average Bonchev–Trinajstić information content (AvgIpc) is 3.01. The van der Waals surface area contributed by atoms with E-state index in [4.69, 9.17) is 4.74 Å². The van der Waals surface area contributed by atoms with Crippen molar-refractivity contribution in [2.75, 3.05) is 33.3 Å². The molecule has 3 heterocycles. The van der Waals surface area contributed by atoms with Gasteiger partial charge in [-0.1, -0.05) is 27.7 Å². The van der Waals surface area contributed by atoms with Gasteiger partial charge in [0.2, 0.25) is 0 Å². The van der Waals surface area contributed by atoms with Crippen LogP contribution in [-0.4, -0.2) is 52.8 Å². The Balaban J connectivity index is 0.000000671. The molecule has 1 fully saturated rings. The molecule has 6 heteroatoms. The molecule has 1 aliphatic rings. The molecule has 1 N–H and O–H groups in total. The van der Waals surface area contributed by atoms with E-state index in [2.05, 4.69) is 36.9 Å². The van der Waals surface area contributed by atoms with E-state index in [1.165, 1.54) is 5.56 Å². The van der Waals surface area contributed by atoms with Gasteiger partial charge in [-0.15, -0.1) is 10.2 Å². The molecule has 24 heavy (non-hydrogen) atoms. The van der Waals surface area contributed by atoms with Gasteiger partial charge in [-0.05, 0) is 24.6 Å². The molecule has 2 aromatic rings. The highest BCUT2D eigenvalue weighted by atomic mass is 16.5. The summed E-state index contributed by atoms with van der Waals surface area (Å²) >= 11 is 0. The third kappa shape index (κ3) is 5.26. The van der Waals surface area contributed by atoms with E-state index in [-0.39, 0.29) is 0 Å². The number of rotatable bonds is 4. The molecule has 6 nitrogen and oxygen atoms in total. The predicted molar refractivity (Wildman–Crippen MR) is 99.3 cm³/mol. The number of piperazine rings is 1. The summed E-state index contributed by atoms with van der Waals surface area (Å²) in [6.07, 6.45) is 0. The number of hydrogen-bond acceptors (Lipinski definition) is 5. The SMILES string of the molecule is CC.CC.COCc1cc(CN2CCNCC2)cc2nnc(C)n12. The minimum Gasteiger partial charge on any atom is -0.378 e. The van der Waals surface area contributed by atoms with Crippen LogP contribution in [0, 0.1) is 6.92 Å². The molecule has 1 saturated heterocycles. The van der Waals surface area contributed by atoms with Gasteiger partial charge in [0.1, 0.15) is 5.82 Å². The molecule has 1 aliphatic heterocycles. The summed E-state index contributed by atoms with van der Waals surface area (Å²) in [4.78, 5) is 2.46. The number of aryl methyl sites for hydroxylation is 1. The van der Waals surface area contributed by atoms with Crippen LogP contribution < -0.4 is 5.32 Å². The number of aromatic nitrogens is 3. The Bertz CT molecular complexity index is 590. The maximum absolute atomic E-state index is 5.31. The van der Waals surface area contributed by atoms with Crippen LogP contribution in [0.15, 0.2) is 12.1 Å². The number of hydrogen-bond donors (Lipinski definition) is 1. The molecular formula is C18H33N5O. The van der Waals surface area contributed by atoms with Gasteiger partial charge in [-0.3, -0.25) is 9.30 Å². The van der Waals surface area contributed by atoms with E-state index in [9.17, 15) is 0 Å². The normalized spacial score (nSPS) is 14.6. The van der Waals surface area contributed by atoms with Crippen molar-refractivity contribution in [2.45, 2.75) is 47.8 Å². The molecule has 0 saturated carbocycles. The number of pyridine rings is 1. The number of fused-ring (bicyclic) bond motifs is 1. The fraction of sp³-hybridized carbons (Fsp3) is 0.667. The molecule has 2 aromatic heterocycles. The predicted octanol–water partition coefficient (Wildman–Crippen LogP) is 2.64. The number of nitrogens with one attached hydrogen (secondary N) is 1. The Morgan fingerprint density at radius 2 is 1.75 bits per heavy atom. The first kappa shape index (κ1) is 20.5.